The van der Waals surface area contributed by atoms with Crippen LogP contribution in [-0.2, 0) is 9.59 Å². The van der Waals surface area contributed by atoms with Crippen molar-refractivity contribution in [3.63, 3.8) is 0 Å². The number of rotatable bonds is 3. The van der Waals surface area contributed by atoms with E-state index in [0.717, 1.165) is 29.9 Å². The largest absolute Gasteiger partial charge is 0.328 e. The molecular weight excluding hydrogens is 306 g/mol. The first-order chi connectivity index (χ1) is 11.7. The van der Waals surface area contributed by atoms with E-state index in [-0.39, 0.29) is 18.2 Å². The summed E-state index contributed by atoms with van der Waals surface area (Å²) in [7, 11) is 0. The Labute approximate surface area is 138 Å². The molecule has 1 aliphatic carbocycles. The van der Waals surface area contributed by atoms with E-state index in [2.05, 4.69) is 16.4 Å². The maximum absolute atomic E-state index is 12.1. The summed E-state index contributed by atoms with van der Waals surface area (Å²) in [4.78, 5) is 40.2. The highest BCUT2D eigenvalue weighted by molar-refractivity contribution is 6.10. The Kier molecular flexibility index (Phi) is 3.52. The minimum atomic E-state index is -0.407. The number of amides is 3. The number of aromatic nitrogens is 1. The van der Waals surface area contributed by atoms with Crippen molar-refractivity contribution in [2.75, 3.05) is 11.4 Å². The maximum atomic E-state index is 12.1. The lowest BCUT2D eigenvalue weighted by molar-refractivity contribution is -0.120. The molecule has 1 aromatic heterocycles. The fourth-order valence-electron chi connectivity index (χ4n) is 3.59. The van der Waals surface area contributed by atoms with Crippen LogP contribution in [0.5, 0.6) is 0 Å². The van der Waals surface area contributed by atoms with E-state index < -0.39 is 6.03 Å². The smallest absolute Gasteiger partial charge is 0.303 e. The van der Waals surface area contributed by atoms with Crippen molar-refractivity contribution in [3.05, 3.63) is 36.2 Å². The molecule has 0 radical (unpaired) electrons. The zero-order chi connectivity index (χ0) is 16.7. The fourth-order valence-corrected chi connectivity index (χ4v) is 3.59. The number of benzene rings is 1. The number of urea groups is 1. The van der Waals surface area contributed by atoms with Gasteiger partial charge in [0.05, 0.1) is 11.9 Å². The lowest BCUT2D eigenvalue weighted by Gasteiger charge is -2.33. The Bertz CT molecular complexity index is 843. The Morgan fingerprint density at radius 3 is 2.75 bits per heavy atom. The van der Waals surface area contributed by atoms with Crippen LogP contribution in [0.3, 0.4) is 0 Å². The van der Waals surface area contributed by atoms with E-state index in [1.165, 1.54) is 5.56 Å². The molecule has 6 heteroatoms. The van der Waals surface area contributed by atoms with E-state index in [0.29, 0.717) is 18.2 Å². The second-order valence-corrected chi connectivity index (χ2v) is 6.42. The van der Waals surface area contributed by atoms with Crippen LogP contribution in [0.25, 0.3) is 10.8 Å². The van der Waals surface area contributed by atoms with Gasteiger partial charge in [-0.15, -0.1) is 0 Å². The molecule has 1 aromatic carbocycles. The van der Waals surface area contributed by atoms with Gasteiger partial charge in [0.1, 0.15) is 6.29 Å². The van der Waals surface area contributed by atoms with Crippen molar-refractivity contribution in [1.82, 2.24) is 10.3 Å². The quantitative estimate of drug-likeness (QED) is 0.880. The van der Waals surface area contributed by atoms with Crippen molar-refractivity contribution in [3.8, 4) is 0 Å². The Balaban J connectivity index is 1.74. The van der Waals surface area contributed by atoms with Crippen LogP contribution in [0.1, 0.15) is 30.7 Å². The summed E-state index contributed by atoms with van der Waals surface area (Å²) >= 11 is 0. The zero-order valence-electron chi connectivity index (χ0n) is 13.1. The first kappa shape index (κ1) is 14.8. The van der Waals surface area contributed by atoms with Crippen molar-refractivity contribution in [2.24, 2.45) is 5.92 Å². The molecule has 6 nitrogen and oxygen atoms in total. The van der Waals surface area contributed by atoms with E-state index in [1.54, 1.807) is 11.1 Å². The number of pyridine rings is 1. The fraction of sp³-hybridized carbons (Fsp3) is 0.333. The van der Waals surface area contributed by atoms with E-state index >= 15 is 0 Å². The highest BCUT2D eigenvalue weighted by Gasteiger charge is 2.32. The van der Waals surface area contributed by atoms with Crippen molar-refractivity contribution >= 4 is 34.7 Å². The van der Waals surface area contributed by atoms with Gasteiger partial charge < -0.3 is 4.79 Å². The average Bonchev–Trinajstić information content (AvgIpc) is 2.54. The lowest BCUT2D eigenvalue weighted by Crippen LogP contribution is -2.49. The predicted octanol–water partition coefficient (Wildman–Crippen LogP) is 2.37. The third-order valence-corrected chi connectivity index (χ3v) is 4.97. The molecule has 2 fully saturated rings. The number of nitrogens with one attached hydrogen (secondary N) is 1. The third kappa shape index (κ3) is 2.35. The van der Waals surface area contributed by atoms with Crippen molar-refractivity contribution < 1.29 is 14.4 Å². The van der Waals surface area contributed by atoms with Crippen LogP contribution >= 0.6 is 0 Å². The minimum Gasteiger partial charge on any atom is -0.303 e. The normalized spacial score (nSPS) is 23.8. The molecular formula is C18H17N3O3. The highest BCUT2D eigenvalue weighted by Crippen LogP contribution is 2.43. The number of carbonyl (C=O) groups excluding carboxylic acids is 3. The second-order valence-electron chi connectivity index (χ2n) is 6.42. The second kappa shape index (κ2) is 5.70. The molecule has 0 atom stereocenters. The summed E-state index contributed by atoms with van der Waals surface area (Å²) in [6.07, 6.45) is 6.52. The number of nitrogens with zero attached hydrogens (tertiary/aromatic N) is 2. The van der Waals surface area contributed by atoms with Crippen LogP contribution in [0.15, 0.2) is 30.6 Å². The number of imide groups is 1. The third-order valence-electron chi connectivity index (χ3n) is 4.97. The van der Waals surface area contributed by atoms with E-state index in [1.807, 2.05) is 18.3 Å². The first-order valence-corrected chi connectivity index (χ1v) is 8.10. The van der Waals surface area contributed by atoms with Gasteiger partial charge in [-0.05, 0) is 24.3 Å². The molecule has 0 spiro atoms. The van der Waals surface area contributed by atoms with Gasteiger partial charge in [-0.2, -0.15) is 0 Å². The van der Waals surface area contributed by atoms with Gasteiger partial charge in [0, 0.05) is 35.9 Å². The number of carbonyl (C=O) groups is 3. The van der Waals surface area contributed by atoms with Gasteiger partial charge in [-0.25, -0.2) is 4.79 Å². The Hall–Kier alpha value is -2.76. The van der Waals surface area contributed by atoms with Crippen LogP contribution < -0.4 is 10.2 Å². The number of hydrogen-bond acceptors (Lipinski definition) is 4. The summed E-state index contributed by atoms with van der Waals surface area (Å²) in [6, 6.07) is 5.60. The van der Waals surface area contributed by atoms with Gasteiger partial charge in [-0.3, -0.25) is 20.0 Å². The topological polar surface area (TPSA) is 79.4 Å². The summed E-state index contributed by atoms with van der Waals surface area (Å²) in [6.45, 7) is 0.354. The molecule has 0 unspecified atom stereocenters. The lowest BCUT2D eigenvalue weighted by atomic mass is 9.71. The van der Waals surface area contributed by atoms with Crippen molar-refractivity contribution in [1.29, 1.82) is 0 Å². The Morgan fingerprint density at radius 1 is 1.17 bits per heavy atom. The van der Waals surface area contributed by atoms with Gasteiger partial charge in [-0.1, -0.05) is 18.2 Å². The average molecular weight is 323 g/mol. The number of aldehydes is 1. The molecule has 24 heavy (non-hydrogen) atoms. The SMILES string of the molecule is O=CC1CC(c2cccc3c(N4CCC(=O)NC4=O)cncc23)C1. The standard InChI is InChI=1S/C18H17N3O3/c22-10-11-6-12(7-11)13-2-1-3-14-15(13)8-19-9-16(14)21-5-4-17(23)20-18(21)24/h1-3,8-12H,4-7H2,(H,20,23,24). The summed E-state index contributed by atoms with van der Waals surface area (Å²) in [5.41, 5.74) is 1.89. The van der Waals surface area contributed by atoms with Gasteiger partial charge in [0.15, 0.2) is 0 Å². The van der Waals surface area contributed by atoms with Gasteiger partial charge in [0.25, 0.3) is 0 Å². The molecule has 2 heterocycles. The zero-order valence-corrected chi connectivity index (χ0v) is 13.1. The molecule has 4 rings (SSSR count). The highest BCUT2D eigenvalue weighted by atomic mass is 16.2. The van der Waals surface area contributed by atoms with Crippen LogP contribution in [0.4, 0.5) is 10.5 Å². The molecule has 122 valence electrons. The Morgan fingerprint density at radius 2 is 2.00 bits per heavy atom. The van der Waals surface area contributed by atoms with Crippen molar-refractivity contribution in [2.45, 2.75) is 25.2 Å². The molecule has 1 N–H and O–H groups in total. The number of fused-ring (bicyclic) bond motifs is 1. The van der Waals surface area contributed by atoms with Gasteiger partial charge in [0.2, 0.25) is 5.91 Å². The predicted molar refractivity (Wildman–Crippen MR) is 88.8 cm³/mol. The minimum absolute atomic E-state index is 0.153. The molecule has 0 bridgehead atoms. The molecule has 1 saturated heterocycles. The van der Waals surface area contributed by atoms with Gasteiger partial charge >= 0.3 is 6.03 Å². The van der Waals surface area contributed by atoms with E-state index in [9.17, 15) is 14.4 Å². The maximum Gasteiger partial charge on any atom is 0.328 e. The van der Waals surface area contributed by atoms with Crippen LogP contribution in [-0.4, -0.2) is 29.8 Å². The molecule has 2 aliphatic rings. The monoisotopic (exact) mass is 323 g/mol. The van der Waals surface area contributed by atoms with Crippen LogP contribution in [0.2, 0.25) is 0 Å². The van der Waals surface area contributed by atoms with E-state index in [4.69, 9.17) is 0 Å². The summed E-state index contributed by atoms with van der Waals surface area (Å²) in [5.74, 6) is 0.262. The molecule has 2 aromatic rings. The number of hydrogen-bond donors (Lipinski definition) is 1. The van der Waals surface area contributed by atoms with Crippen LogP contribution in [0, 0.1) is 5.92 Å². The summed E-state index contributed by atoms with van der Waals surface area (Å²) in [5, 5.41) is 4.30. The molecule has 3 amide bonds. The summed E-state index contributed by atoms with van der Waals surface area (Å²) < 4.78 is 0. The molecule has 1 saturated carbocycles. The number of anilines is 1. The molecule has 1 aliphatic heterocycles. The first-order valence-electron chi connectivity index (χ1n) is 8.10.